The van der Waals surface area contributed by atoms with E-state index in [0.29, 0.717) is 13.2 Å². The molecule has 0 amide bonds. The van der Waals surface area contributed by atoms with Gasteiger partial charge in [-0.05, 0) is 25.0 Å². The van der Waals surface area contributed by atoms with Gasteiger partial charge in [0.25, 0.3) is 0 Å². The molecule has 0 atom stereocenters. The molecule has 0 bridgehead atoms. The van der Waals surface area contributed by atoms with E-state index in [1.165, 1.54) is 38.5 Å². The third kappa shape index (κ3) is 10.7. The molecule has 1 aromatic carbocycles. The number of esters is 2. The van der Waals surface area contributed by atoms with Gasteiger partial charge in [0.15, 0.2) is 0 Å². The Morgan fingerprint density at radius 3 is 1.76 bits per heavy atom. The summed E-state index contributed by atoms with van der Waals surface area (Å²) in [6.45, 7) is 5.05. The molecule has 0 unspecified atom stereocenters. The highest BCUT2D eigenvalue weighted by Gasteiger charge is 2.22. The quantitative estimate of drug-likeness (QED) is 0.205. The highest BCUT2D eigenvalue weighted by atomic mass is 35.5. The van der Waals surface area contributed by atoms with Crippen molar-refractivity contribution in [3.63, 3.8) is 0 Å². The van der Waals surface area contributed by atoms with E-state index < -0.39 is 11.9 Å². The Bertz CT molecular complexity index is 601. The van der Waals surface area contributed by atoms with Gasteiger partial charge in [0.05, 0.1) is 29.4 Å². The van der Waals surface area contributed by atoms with E-state index in [0.717, 1.165) is 38.5 Å². The lowest BCUT2D eigenvalue weighted by Crippen LogP contribution is -2.15. The molecule has 29 heavy (non-hydrogen) atoms. The molecular weight excluding hydrogens is 388 g/mol. The smallest absolute Gasteiger partial charge is 0.340 e. The summed E-state index contributed by atoms with van der Waals surface area (Å²) in [7, 11) is 0. The van der Waals surface area contributed by atoms with Crippen molar-refractivity contribution in [2.75, 3.05) is 13.2 Å². The fraction of sp³-hybridized carbons (Fsp3) is 0.667. The molecular formula is C24H37ClO4. The number of ether oxygens (including phenoxy) is 2. The zero-order valence-corrected chi connectivity index (χ0v) is 18.9. The van der Waals surface area contributed by atoms with Gasteiger partial charge in [0, 0.05) is 0 Å². The fourth-order valence-electron chi connectivity index (χ4n) is 3.15. The Hall–Kier alpha value is -1.55. The fourth-order valence-corrected chi connectivity index (χ4v) is 3.40. The third-order valence-electron chi connectivity index (χ3n) is 4.90. The van der Waals surface area contributed by atoms with Crippen LogP contribution in [0.1, 0.15) is 112 Å². The predicted molar refractivity (Wildman–Crippen MR) is 119 cm³/mol. The van der Waals surface area contributed by atoms with E-state index in [-0.39, 0.29) is 16.1 Å². The molecule has 0 heterocycles. The summed E-state index contributed by atoms with van der Waals surface area (Å²) < 4.78 is 10.7. The number of halogens is 1. The molecule has 4 nitrogen and oxygen atoms in total. The van der Waals surface area contributed by atoms with E-state index in [1.807, 2.05) is 0 Å². The van der Waals surface area contributed by atoms with Crippen molar-refractivity contribution in [3.05, 3.63) is 34.3 Å². The molecule has 0 fully saturated rings. The topological polar surface area (TPSA) is 52.6 Å². The monoisotopic (exact) mass is 424 g/mol. The number of benzene rings is 1. The van der Waals surface area contributed by atoms with E-state index in [1.54, 1.807) is 18.2 Å². The lowest BCUT2D eigenvalue weighted by molar-refractivity contribution is 0.0450. The zero-order chi connectivity index (χ0) is 21.3. The highest BCUT2D eigenvalue weighted by Crippen LogP contribution is 2.22. The van der Waals surface area contributed by atoms with Gasteiger partial charge in [-0.25, -0.2) is 9.59 Å². The van der Waals surface area contributed by atoms with Gasteiger partial charge in [0.2, 0.25) is 0 Å². The van der Waals surface area contributed by atoms with Gasteiger partial charge in [0.1, 0.15) is 0 Å². The molecule has 0 saturated carbocycles. The van der Waals surface area contributed by atoms with Gasteiger partial charge in [-0.2, -0.15) is 0 Å². The summed E-state index contributed by atoms with van der Waals surface area (Å²) in [5.74, 6) is -1.08. The summed E-state index contributed by atoms with van der Waals surface area (Å²) in [4.78, 5) is 24.9. The van der Waals surface area contributed by atoms with Crippen molar-refractivity contribution in [2.24, 2.45) is 0 Å². The molecule has 0 aliphatic heterocycles. The first kappa shape index (κ1) is 25.5. The lowest BCUT2D eigenvalue weighted by Gasteiger charge is -2.11. The molecule has 0 aliphatic rings. The minimum Gasteiger partial charge on any atom is -0.462 e. The molecule has 0 aliphatic carbocycles. The molecule has 0 radical (unpaired) electrons. The van der Waals surface area contributed by atoms with E-state index in [4.69, 9.17) is 21.1 Å². The first-order chi connectivity index (χ1) is 14.1. The van der Waals surface area contributed by atoms with Gasteiger partial charge in [-0.15, -0.1) is 0 Å². The highest BCUT2D eigenvalue weighted by molar-refractivity contribution is 6.34. The maximum absolute atomic E-state index is 12.5. The van der Waals surface area contributed by atoms with E-state index in [2.05, 4.69) is 13.8 Å². The number of hydrogen-bond acceptors (Lipinski definition) is 4. The van der Waals surface area contributed by atoms with Crippen LogP contribution in [0.15, 0.2) is 18.2 Å². The summed E-state index contributed by atoms with van der Waals surface area (Å²) in [6.07, 6.45) is 13.3. The first-order valence-corrected chi connectivity index (χ1v) is 11.6. The SMILES string of the molecule is CCCCCCCCOC(=O)c1cccc(Cl)c1C(=O)OCCCCCCCC. The second-order valence-electron chi connectivity index (χ2n) is 7.47. The van der Waals surface area contributed by atoms with E-state index >= 15 is 0 Å². The zero-order valence-electron chi connectivity index (χ0n) is 18.1. The average molecular weight is 425 g/mol. The Labute approximate surface area is 181 Å². The number of carbonyl (C=O) groups excluding carboxylic acids is 2. The minimum atomic E-state index is -0.560. The van der Waals surface area contributed by atoms with Crippen LogP contribution in [0, 0.1) is 0 Å². The molecule has 5 heteroatoms. The third-order valence-corrected chi connectivity index (χ3v) is 5.21. The van der Waals surface area contributed by atoms with Crippen LogP contribution in [0.2, 0.25) is 5.02 Å². The maximum atomic E-state index is 12.5. The van der Waals surface area contributed by atoms with Crippen molar-refractivity contribution in [3.8, 4) is 0 Å². The van der Waals surface area contributed by atoms with Crippen LogP contribution in [0.25, 0.3) is 0 Å². The molecule has 0 aromatic heterocycles. The van der Waals surface area contributed by atoms with Gasteiger partial charge < -0.3 is 9.47 Å². The first-order valence-electron chi connectivity index (χ1n) is 11.2. The van der Waals surface area contributed by atoms with Crippen molar-refractivity contribution in [1.29, 1.82) is 0 Å². The van der Waals surface area contributed by atoms with Crippen LogP contribution in [-0.4, -0.2) is 25.2 Å². The van der Waals surface area contributed by atoms with Crippen LogP contribution in [0.5, 0.6) is 0 Å². The average Bonchev–Trinajstić information content (AvgIpc) is 2.72. The summed E-state index contributed by atoms with van der Waals surface area (Å²) in [6, 6.07) is 4.80. The van der Waals surface area contributed by atoms with Crippen LogP contribution in [0.4, 0.5) is 0 Å². The second kappa shape index (κ2) is 16.3. The van der Waals surface area contributed by atoms with Crippen molar-refractivity contribution in [1.82, 2.24) is 0 Å². The van der Waals surface area contributed by atoms with Crippen molar-refractivity contribution < 1.29 is 19.1 Å². The lowest BCUT2D eigenvalue weighted by atomic mass is 10.1. The van der Waals surface area contributed by atoms with Crippen molar-refractivity contribution >= 4 is 23.5 Å². The molecule has 0 saturated heterocycles. The Morgan fingerprint density at radius 2 is 1.21 bits per heavy atom. The molecule has 1 rings (SSSR count). The van der Waals surface area contributed by atoms with Crippen LogP contribution in [-0.2, 0) is 9.47 Å². The largest absolute Gasteiger partial charge is 0.462 e. The normalized spacial score (nSPS) is 10.7. The minimum absolute atomic E-state index is 0.105. The van der Waals surface area contributed by atoms with Crippen molar-refractivity contribution in [2.45, 2.75) is 90.9 Å². The van der Waals surface area contributed by atoms with Gasteiger partial charge >= 0.3 is 11.9 Å². The van der Waals surface area contributed by atoms with E-state index in [9.17, 15) is 9.59 Å². The predicted octanol–water partition coefficient (Wildman–Crippen LogP) is 7.37. The Morgan fingerprint density at radius 1 is 0.724 bits per heavy atom. The number of carbonyl (C=O) groups is 2. The van der Waals surface area contributed by atoms with Crippen LogP contribution in [0.3, 0.4) is 0 Å². The maximum Gasteiger partial charge on any atom is 0.340 e. The van der Waals surface area contributed by atoms with Crippen LogP contribution >= 0.6 is 11.6 Å². The number of hydrogen-bond donors (Lipinski definition) is 0. The standard InChI is InChI=1S/C24H37ClO4/c1-3-5-7-9-11-13-18-28-23(26)20-16-15-17-21(25)22(20)24(27)29-19-14-12-10-8-6-4-2/h15-17H,3-14,18-19H2,1-2H3. The summed E-state index contributed by atoms with van der Waals surface area (Å²) in [5, 5.41) is 0.215. The van der Waals surface area contributed by atoms with Gasteiger partial charge in [-0.1, -0.05) is 95.7 Å². The van der Waals surface area contributed by atoms with Crippen LogP contribution < -0.4 is 0 Å². The summed E-state index contributed by atoms with van der Waals surface area (Å²) >= 11 is 6.19. The molecule has 0 N–H and O–H groups in total. The number of unbranched alkanes of at least 4 members (excludes halogenated alkanes) is 10. The molecule has 164 valence electrons. The number of rotatable bonds is 16. The Kier molecular flexibility index (Phi) is 14.3. The molecule has 0 spiro atoms. The molecule has 1 aromatic rings. The second-order valence-corrected chi connectivity index (χ2v) is 7.88. The van der Waals surface area contributed by atoms with Gasteiger partial charge in [-0.3, -0.25) is 0 Å². The Balaban J connectivity index is 2.46. The summed E-state index contributed by atoms with van der Waals surface area (Å²) in [5.41, 5.74) is 0.282.